The van der Waals surface area contributed by atoms with Gasteiger partial charge in [0.15, 0.2) is 99.2 Å². The maximum absolute atomic E-state index is 13.0. The summed E-state index contributed by atoms with van der Waals surface area (Å²) in [4.78, 5) is 0. The smallest absolute Gasteiger partial charge is 0.218 e. The van der Waals surface area contributed by atoms with Crippen molar-refractivity contribution < 1.29 is 253 Å². The fourth-order valence-corrected chi connectivity index (χ4v) is 15.2. The Morgan fingerprint density at radius 2 is 0.477 bits per heavy atom. The molecule has 12 unspecified atom stereocenters. The number of methoxy groups -OCH3 is 12. The van der Waals surface area contributed by atoms with Crippen molar-refractivity contribution >= 4 is 90.9 Å². The molecule has 55 nitrogen and oxygen atoms in total. The molecule has 0 N–H and O–H groups in total. The normalized spacial score (nSPS) is 37.5. The summed E-state index contributed by atoms with van der Waals surface area (Å²) in [6.07, 6.45) is -53.2. The largest absolute Gasteiger partial charge is 0.726 e. The van der Waals surface area contributed by atoms with E-state index in [9.17, 15) is 72.9 Å². The first-order valence-electron chi connectivity index (χ1n) is 30.9. The van der Waals surface area contributed by atoms with Crippen LogP contribution in [0, 0.1) is 0 Å². The van der Waals surface area contributed by atoms with Crippen LogP contribution in [0.3, 0.4) is 0 Å². The number of rotatable bonds is 52. The molecule has 0 spiro atoms. The van der Waals surface area contributed by atoms with Crippen LogP contribution in [0.15, 0.2) is 0 Å². The SMILES string of the molecule is COCC1OC(O[C@H]2C(OC)C(OC)[C@@H](O[C@H]3C(OC)C(OC)[C@@H](OC)O[C@@H]3COC)O[C@@H]2COC)[C@H](OC)[C@@H](OC)[C@H]1O[C@@H]1OC(COS(=O)(=O)[O-])[C@H](O[C@H]2O[C@H](COS(=O)(=O)[O-])[C@@H](O[C@H]3O[C@H](COS(=O)(=O)[O-])[C@@H](OSOO[O-])C(OSOO[O-])C3OSOO[O-])C(OSOO[O-])C2OS(=O)(=O)[O-])[C@H](OC)C1OC. The molecule has 6 aliphatic rings. The highest BCUT2D eigenvalue weighted by Gasteiger charge is 2.62. The first-order chi connectivity index (χ1) is 52.9. The average molecular weight is 1790 g/mol. The van der Waals surface area contributed by atoms with Gasteiger partial charge in [-0.15, -0.1) is 17.3 Å². The van der Waals surface area contributed by atoms with Gasteiger partial charge in [0.05, 0.1) is 39.6 Å². The molecule has 6 rings (SSSR count). The Morgan fingerprint density at radius 1 is 0.252 bits per heavy atom. The molecule has 0 aromatic heterocycles. The predicted molar refractivity (Wildman–Crippen MR) is 325 cm³/mol. The second-order valence-electron chi connectivity index (χ2n) is 22.6. The van der Waals surface area contributed by atoms with Crippen molar-refractivity contribution in [2.24, 2.45) is 0 Å². The Labute approximate surface area is 649 Å². The minimum Gasteiger partial charge on any atom is -0.726 e. The molecule has 0 radical (unpaired) electrons. The Balaban J connectivity index is 1.40. The van der Waals surface area contributed by atoms with Gasteiger partial charge in [0.1, 0.15) is 134 Å². The summed E-state index contributed by atoms with van der Waals surface area (Å²) < 4.78 is 344. The third kappa shape index (κ3) is 28.7. The van der Waals surface area contributed by atoms with Gasteiger partial charge >= 0.3 is 0 Å². The molecule has 0 aliphatic carbocycles. The predicted octanol–water partition coefficient (Wildman–Crippen LogP) is -9.07. The highest BCUT2D eigenvalue weighted by atomic mass is 32.3. The van der Waals surface area contributed by atoms with Crippen molar-refractivity contribution in [3.8, 4) is 0 Å². The summed E-state index contributed by atoms with van der Waals surface area (Å²) in [5.41, 5.74) is 0. The molecule has 0 bridgehead atoms. The summed E-state index contributed by atoms with van der Waals surface area (Å²) in [7, 11) is -8.45. The van der Waals surface area contributed by atoms with Crippen LogP contribution in [0.1, 0.15) is 0 Å². The number of ether oxygens (including phenoxy) is 23. The molecule has 0 amide bonds. The van der Waals surface area contributed by atoms with Gasteiger partial charge in [-0.05, 0) is 0 Å². The molecule has 656 valence electrons. The Bertz CT molecular complexity index is 3080. The maximum atomic E-state index is 13.0. The molecule has 0 saturated carbocycles. The molecule has 0 aromatic carbocycles. The fraction of sp³-hybridized carbons (Fsp3) is 1.00. The van der Waals surface area contributed by atoms with E-state index >= 15 is 0 Å². The molecule has 6 fully saturated rings. The van der Waals surface area contributed by atoms with Crippen LogP contribution in [0.4, 0.5) is 0 Å². The highest BCUT2D eigenvalue weighted by molar-refractivity contribution is 7.90. The standard InChI is InChI=1S/C48H86O55S8/c1-65-13-19-25(31(68-4)37(72-8)43(76-12)80-19)86-44-38(73-9)32(69-5)26(20(81-44)14-66-2)87-45-39(74-10)33(70-6)27(21(82-45)15-67-3)88-46-40(75-11)34(71-7)28(22(83-46)16-77-108(53,54)55)89-48-42(95-111(62,63)64)35(92-105-101-97-50)29(23(84-48)17-78-109(56,57)58)90-47-41(94-107-103-99-52)36(93-106-102-98-51)30(91-104-100-96-49)24(85-47)18-79-110(59,60)61/h19-52H,13-18H2,1-12H3,(H,53,54,55)(H,56,57,58)(H,59,60,61)(H,62,63,64)/p-8/t19-,20-,21?,22?,23-,24-,25-,26-,27+,28+,29-,30-,31?,32?,33+,34+,35?,36?,37?,38?,39-,40?,41?,42?,43+,44-,45?,46+,47-,48-/m1/s1. The van der Waals surface area contributed by atoms with Crippen molar-refractivity contribution in [3.05, 3.63) is 0 Å². The van der Waals surface area contributed by atoms with Crippen molar-refractivity contribution in [3.63, 3.8) is 0 Å². The fourth-order valence-electron chi connectivity index (χ4n) is 12.4. The minimum absolute atomic E-state index is 0.0173. The quantitative estimate of drug-likeness (QED) is 0.0136. The molecule has 30 atom stereocenters. The zero-order valence-corrected chi connectivity index (χ0v) is 65.8. The van der Waals surface area contributed by atoms with Crippen molar-refractivity contribution in [1.29, 1.82) is 0 Å². The lowest BCUT2D eigenvalue weighted by molar-refractivity contribution is -0.778. The first kappa shape index (κ1) is 99.1. The summed E-state index contributed by atoms with van der Waals surface area (Å²) in [6, 6.07) is 0. The molecule has 63 heteroatoms. The highest BCUT2D eigenvalue weighted by Crippen LogP contribution is 2.44. The van der Waals surface area contributed by atoms with Gasteiger partial charge in [0.25, 0.3) is 0 Å². The maximum Gasteiger partial charge on any atom is 0.218 e. The number of hydrogen-bond acceptors (Lipinski definition) is 59. The molecular weight excluding hydrogens is 1710 g/mol. The monoisotopic (exact) mass is 1790 g/mol. The van der Waals surface area contributed by atoms with Crippen LogP contribution in [-0.2, 0) is 221 Å². The summed E-state index contributed by atoms with van der Waals surface area (Å²) >= 11 is -1.90. The molecule has 111 heavy (non-hydrogen) atoms. The van der Waals surface area contributed by atoms with Crippen molar-refractivity contribution in [1.82, 2.24) is 0 Å². The average Bonchev–Trinajstić information content (AvgIpc) is 0.762. The lowest BCUT2D eigenvalue weighted by Crippen LogP contribution is -2.69. The summed E-state index contributed by atoms with van der Waals surface area (Å²) in [5.74, 6) is 0. The molecule has 6 aliphatic heterocycles. The lowest BCUT2D eigenvalue weighted by atomic mass is 9.94. The Hall–Kier alpha value is -0.680. The number of hydrogen-bond donors (Lipinski definition) is 0. The van der Waals surface area contributed by atoms with Gasteiger partial charge < -0.3 is 148 Å². The van der Waals surface area contributed by atoms with E-state index in [-0.39, 0.29) is 13.2 Å². The van der Waals surface area contributed by atoms with Gasteiger partial charge in [-0.1, -0.05) is 0 Å². The van der Waals surface area contributed by atoms with Crippen LogP contribution in [0.5, 0.6) is 0 Å². The van der Waals surface area contributed by atoms with Crippen LogP contribution in [0.2, 0.25) is 0 Å². The summed E-state index contributed by atoms with van der Waals surface area (Å²) in [6.45, 7) is -5.37. The molecular formula is C48H78O55S8-8. The zero-order chi connectivity index (χ0) is 82.0. The van der Waals surface area contributed by atoms with E-state index in [0.29, 0.717) is 0 Å². The molecule has 0 aromatic rings. The van der Waals surface area contributed by atoms with E-state index < -0.39 is 302 Å². The van der Waals surface area contributed by atoms with E-state index in [4.69, 9.17) is 130 Å². The molecule has 6 saturated heterocycles. The van der Waals surface area contributed by atoms with Crippen LogP contribution in [0.25, 0.3) is 0 Å². The Kier molecular flexibility index (Phi) is 43.5. The van der Waals surface area contributed by atoms with E-state index in [1.54, 1.807) is 0 Å². The van der Waals surface area contributed by atoms with Crippen LogP contribution >= 0.6 is 49.3 Å². The first-order valence-corrected chi connectivity index (χ1v) is 38.9. The Morgan fingerprint density at radius 3 is 0.739 bits per heavy atom. The van der Waals surface area contributed by atoms with E-state index in [0.717, 1.165) is 14.2 Å². The van der Waals surface area contributed by atoms with Crippen LogP contribution in [-0.4, -0.2) is 361 Å². The topological polar surface area (TPSA) is 681 Å². The molecule has 6 heterocycles. The van der Waals surface area contributed by atoms with Crippen molar-refractivity contribution in [2.45, 2.75) is 184 Å². The van der Waals surface area contributed by atoms with Gasteiger partial charge in [0.2, 0.25) is 41.6 Å². The second-order valence-corrected chi connectivity index (χ2v) is 28.6. The third-order valence-electron chi connectivity index (χ3n) is 16.6. The van der Waals surface area contributed by atoms with Gasteiger partial charge in [-0.25, -0.2) is 33.7 Å². The minimum atomic E-state index is -6.32. The second kappa shape index (κ2) is 48.7. The van der Waals surface area contributed by atoms with Gasteiger partial charge in [-0.3, -0.25) is 53.6 Å². The van der Waals surface area contributed by atoms with E-state index in [1.807, 2.05) is 0 Å². The van der Waals surface area contributed by atoms with Crippen LogP contribution < -0.4 is 21.0 Å². The van der Waals surface area contributed by atoms with E-state index in [2.05, 4.69) is 50.0 Å². The van der Waals surface area contributed by atoms with Crippen molar-refractivity contribution in [2.75, 3.05) is 125 Å². The summed E-state index contributed by atoms with van der Waals surface area (Å²) in [5, 5.41) is 57.0. The van der Waals surface area contributed by atoms with E-state index in [1.165, 1.54) is 71.1 Å². The lowest BCUT2D eigenvalue weighted by Gasteiger charge is -2.52. The van der Waals surface area contributed by atoms with Gasteiger partial charge in [-0.2, -0.15) is 0 Å². The third-order valence-corrected chi connectivity index (χ3v) is 20.0. The zero-order valence-electron chi connectivity index (χ0n) is 59.3. The van der Waals surface area contributed by atoms with Gasteiger partial charge in [0, 0.05) is 85.3 Å².